The van der Waals surface area contributed by atoms with Gasteiger partial charge in [0.1, 0.15) is 11.4 Å². The van der Waals surface area contributed by atoms with Gasteiger partial charge >= 0.3 is 6.09 Å². The number of carbonyl (C=O) groups excluding carboxylic acids is 1. The second-order valence-electron chi connectivity index (χ2n) is 5.27. The largest absolute Gasteiger partial charge is 0.487 e. The summed E-state index contributed by atoms with van der Waals surface area (Å²) in [6.07, 6.45) is 0.313. The molecule has 3 rings (SSSR count). The van der Waals surface area contributed by atoms with E-state index in [1.54, 1.807) is 0 Å². The molecule has 1 atom stereocenters. The molecule has 1 spiro atoms. The molecule has 1 aromatic rings. The molecule has 0 aromatic heterocycles. The van der Waals surface area contributed by atoms with Crippen LogP contribution in [0, 0.1) is 0 Å². The maximum Gasteiger partial charge on any atom is 0.408 e. The number of benzene rings is 1. The van der Waals surface area contributed by atoms with Gasteiger partial charge in [-0.25, -0.2) is 4.79 Å². The van der Waals surface area contributed by atoms with E-state index in [0.717, 1.165) is 11.3 Å². The number of para-hydroxylation sites is 1. The van der Waals surface area contributed by atoms with Gasteiger partial charge in [0.15, 0.2) is 5.60 Å². The first-order valence-electron chi connectivity index (χ1n) is 5.76. The second kappa shape index (κ2) is 3.15. The van der Waals surface area contributed by atoms with Crippen molar-refractivity contribution in [1.82, 2.24) is 5.32 Å². The van der Waals surface area contributed by atoms with Crippen LogP contribution in [0.1, 0.15) is 25.8 Å². The van der Waals surface area contributed by atoms with Crippen LogP contribution in [0.15, 0.2) is 24.3 Å². The van der Waals surface area contributed by atoms with Gasteiger partial charge in [0.2, 0.25) is 0 Å². The van der Waals surface area contributed by atoms with Gasteiger partial charge in [0, 0.05) is 12.0 Å². The maximum atomic E-state index is 11.4. The van der Waals surface area contributed by atoms with E-state index in [0.29, 0.717) is 13.0 Å². The Bertz CT molecular complexity index is 483. The number of ether oxygens (including phenoxy) is 2. The van der Waals surface area contributed by atoms with E-state index >= 15 is 0 Å². The van der Waals surface area contributed by atoms with Gasteiger partial charge in [0.05, 0.1) is 6.54 Å². The van der Waals surface area contributed by atoms with E-state index in [4.69, 9.17) is 9.47 Å². The molecule has 2 aliphatic heterocycles. The van der Waals surface area contributed by atoms with Crippen molar-refractivity contribution in [1.29, 1.82) is 0 Å². The molecule has 2 aliphatic rings. The molecule has 1 unspecified atom stereocenters. The predicted molar refractivity (Wildman–Crippen MR) is 61.9 cm³/mol. The zero-order chi connectivity index (χ0) is 12.1. The highest BCUT2D eigenvalue weighted by atomic mass is 16.6. The van der Waals surface area contributed by atoms with Crippen LogP contribution in [0.5, 0.6) is 5.75 Å². The fourth-order valence-electron chi connectivity index (χ4n) is 2.76. The molecule has 0 saturated carbocycles. The Hall–Kier alpha value is -1.71. The Balaban J connectivity index is 2.13. The van der Waals surface area contributed by atoms with Crippen LogP contribution in [0.2, 0.25) is 0 Å². The van der Waals surface area contributed by atoms with E-state index in [9.17, 15) is 4.79 Å². The lowest BCUT2D eigenvalue weighted by Gasteiger charge is -2.42. The number of nitrogens with one attached hydrogen (secondary N) is 1. The summed E-state index contributed by atoms with van der Waals surface area (Å²) in [5.41, 5.74) is 0.0495. The lowest BCUT2D eigenvalue weighted by Crippen LogP contribution is -2.46. The van der Waals surface area contributed by atoms with Crippen molar-refractivity contribution in [3.05, 3.63) is 29.8 Å². The SMILES string of the molecule is CC1(C)CC2(CNC(=O)O2)c2ccccc2O1. The first-order chi connectivity index (χ1) is 8.01. The molecule has 4 heteroatoms. The molecular formula is C13H15NO3. The molecule has 17 heavy (non-hydrogen) atoms. The Morgan fingerprint density at radius 2 is 2.00 bits per heavy atom. The minimum Gasteiger partial charge on any atom is -0.487 e. The number of hydrogen-bond acceptors (Lipinski definition) is 3. The maximum absolute atomic E-state index is 11.4. The standard InChI is InChI=1S/C13H15NO3/c1-12(2)7-13(8-14-11(15)17-13)9-5-3-4-6-10(9)16-12/h3-6H,7-8H2,1-2H3,(H,14,15). The summed E-state index contributed by atoms with van der Waals surface area (Å²) in [5.74, 6) is 0.806. The average molecular weight is 233 g/mol. The molecule has 1 amide bonds. The average Bonchev–Trinajstić information content (AvgIpc) is 2.59. The van der Waals surface area contributed by atoms with Crippen LogP contribution in [-0.2, 0) is 10.3 Å². The summed E-state index contributed by atoms with van der Waals surface area (Å²) in [6.45, 7) is 4.53. The Morgan fingerprint density at radius 3 is 2.71 bits per heavy atom. The number of alkyl carbamates (subject to hydrolysis) is 1. The van der Waals surface area contributed by atoms with Crippen LogP contribution in [0.4, 0.5) is 4.79 Å². The number of rotatable bonds is 0. The summed E-state index contributed by atoms with van der Waals surface area (Å²) in [4.78, 5) is 11.4. The Labute approximate surface area is 99.9 Å². The highest BCUT2D eigenvalue weighted by molar-refractivity contribution is 5.71. The molecule has 1 saturated heterocycles. The van der Waals surface area contributed by atoms with Gasteiger partial charge in [-0.05, 0) is 19.9 Å². The van der Waals surface area contributed by atoms with Crippen molar-refractivity contribution in [2.75, 3.05) is 6.54 Å². The summed E-state index contributed by atoms with van der Waals surface area (Å²) in [7, 11) is 0. The zero-order valence-electron chi connectivity index (χ0n) is 9.95. The number of fused-ring (bicyclic) bond motifs is 2. The van der Waals surface area contributed by atoms with E-state index in [1.165, 1.54) is 0 Å². The van der Waals surface area contributed by atoms with Crippen LogP contribution >= 0.6 is 0 Å². The Kier molecular flexibility index (Phi) is 1.94. The van der Waals surface area contributed by atoms with E-state index in [-0.39, 0.29) is 11.7 Å². The molecule has 4 nitrogen and oxygen atoms in total. The van der Waals surface area contributed by atoms with Crippen molar-refractivity contribution in [2.24, 2.45) is 0 Å². The quantitative estimate of drug-likeness (QED) is 0.747. The van der Waals surface area contributed by atoms with Gasteiger partial charge in [-0.2, -0.15) is 0 Å². The normalized spacial score (nSPS) is 29.2. The van der Waals surface area contributed by atoms with Gasteiger partial charge in [0.25, 0.3) is 0 Å². The Morgan fingerprint density at radius 1 is 1.24 bits per heavy atom. The highest BCUT2D eigenvalue weighted by Gasteiger charge is 2.51. The fraction of sp³-hybridized carbons (Fsp3) is 0.462. The van der Waals surface area contributed by atoms with E-state index in [2.05, 4.69) is 5.32 Å². The van der Waals surface area contributed by atoms with Crippen molar-refractivity contribution in [2.45, 2.75) is 31.5 Å². The molecular weight excluding hydrogens is 218 g/mol. The zero-order valence-corrected chi connectivity index (χ0v) is 9.95. The van der Waals surface area contributed by atoms with Crippen molar-refractivity contribution in [3.8, 4) is 5.75 Å². The van der Waals surface area contributed by atoms with Gasteiger partial charge in [-0.3, -0.25) is 0 Å². The third-order valence-corrected chi connectivity index (χ3v) is 3.28. The molecule has 2 heterocycles. The van der Waals surface area contributed by atoms with Crippen LogP contribution in [-0.4, -0.2) is 18.2 Å². The lowest BCUT2D eigenvalue weighted by molar-refractivity contribution is -0.0441. The van der Waals surface area contributed by atoms with Gasteiger partial charge in [-0.15, -0.1) is 0 Å². The monoisotopic (exact) mass is 233 g/mol. The van der Waals surface area contributed by atoms with Crippen LogP contribution in [0.3, 0.4) is 0 Å². The summed E-state index contributed by atoms with van der Waals surface area (Å²) in [5, 5.41) is 2.74. The van der Waals surface area contributed by atoms with Crippen LogP contribution in [0.25, 0.3) is 0 Å². The molecule has 0 bridgehead atoms. The fourth-order valence-corrected chi connectivity index (χ4v) is 2.76. The summed E-state index contributed by atoms with van der Waals surface area (Å²) < 4.78 is 11.4. The number of amides is 1. The van der Waals surface area contributed by atoms with Crippen molar-refractivity contribution >= 4 is 6.09 Å². The minimum absolute atomic E-state index is 0.333. The predicted octanol–water partition coefficient (Wildman–Crippen LogP) is 2.18. The molecule has 1 N–H and O–H groups in total. The molecule has 1 aromatic carbocycles. The second-order valence-corrected chi connectivity index (χ2v) is 5.27. The number of carbonyl (C=O) groups is 1. The number of hydrogen-bond donors (Lipinski definition) is 1. The summed E-state index contributed by atoms with van der Waals surface area (Å²) >= 11 is 0. The van der Waals surface area contributed by atoms with Crippen molar-refractivity contribution in [3.63, 3.8) is 0 Å². The van der Waals surface area contributed by atoms with Crippen LogP contribution < -0.4 is 10.1 Å². The first-order valence-corrected chi connectivity index (χ1v) is 5.76. The lowest BCUT2D eigenvalue weighted by atomic mass is 9.80. The molecule has 0 aliphatic carbocycles. The third kappa shape index (κ3) is 1.55. The van der Waals surface area contributed by atoms with Gasteiger partial charge < -0.3 is 14.8 Å². The highest BCUT2D eigenvalue weighted by Crippen LogP contribution is 2.46. The molecule has 1 fully saturated rings. The third-order valence-electron chi connectivity index (χ3n) is 3.28. The first kappa shape index (κ1) is 10.4. The molecule has 0 radical (unpaired) electrons. The van der Waals surface area contributed by atoms with Crippen molar-refractivity contribution < 1.29 is 14.3 Å². The van der Waals surface area contributed by atoms with Gasteiger partial charge in [-0.1, -0.05) is 18.2 Å². The topological polar surface area (TPSA) is 47.6 Å². The smallest absolute Gasteiger partial charge is 0.408 e. The van der Waals surface area contributed by atoms with E-state index < -0.39 is 5.60 Å². The minimum atomic E-state index is -0.574. The summed E-state index contributed by atoms with van der Waals surface area (Å²) in [6, 6.07) is 7.75. The van der Waals surface area contributed by atoms with E-state index in [1.807, 2.05) is 38.1 Å². The molecule has 90 valence electrons.